The number of aryl methyl sites for hydroxylation is 2. The van der Waals surface area contributed by atoms with Gasteiger partial charge in [0, 0.05) is 6.42 Å². The molecule has 1 aromatic heterocycles. The Morgan fingerprint density at radius 2 is 2.21 bits per heavy atom. The van der Waals surface area contributed by atoms with Crippen LogP contribution in [0.4, 0.5) is 5.82 Å². The van der Waals surface area contributed by atoms with E-state index in [1.54, 1.807) is 24.7 Å². The van der Waals surface area contributed by atoms with Gasteiger partial charge in [-0.15, -0.1) is 0 Å². The summed E-state index contributed by atoms with van der Waals surface area (Å²) < 4.78 is 6.40. The first-order valence-electron chi connectivity index (χ1n) is 6.38. The van der Waals surface area contributed by atoms with Crippen molar-refractivity contribution >= 4 is 11.8 Å². The van der Waals surface area contributed by atoms with Gasteiger partial charge in [0.25, 0.3) is 0 Å². The summed E-state index contributed by atoms with van der Waals surface area (Å²) >= 11 is 0. The molecular formula is C12H19N3O4. The smallest absolute Gasteiger partial charge is 0.392 e. The second kappa shape index (κ2) is 7.50. The van der Waals surface area contributed by atoms with Crippen LogP contribution in [0, 0.1) is 17.0 Å². The maximum atomic E-state index is 11.1. The van der Waals surface area contributed by atoms with Crippen molar-refractivity contribution in [1.82, 2.24) is 9.78 Å². The molecule has 0 aliphatic rings. The number of rotatable bonds is 8. The monoisotopic (exact) mass is 269 g/mol. The van der Waals surface area contributed by atoms with Gasteiger partial charge in [0.1, 0.15) is 0 Å². The fourth-order valence-corrected chi connectivity index (χ4v) is 1.76. The van der Waals surface area contributed by atoms with E-state index in [1.807, 2.05) is 0 Å². The molecule has 0 aliphatic carbocycles. The lowest BCUT2D eigenvalue weighted by Gasteiger charge is -2.01. The molecule has 1 heterocycles. The van der Waals surface area contributed by atoms with Crippen molar-refractivity contribution in [2.24, 2.45) is 0 Å². The van der Waals surface area contributed by atoms with Crippen molar-refractivity contribution in [3.8, 4) is 0 Å². The lowest BCUT2D eigenvalue weighted by atomic mass is 10.2. The summed E-state index contributed by atoms with van der Waals surface area (Å²) in [6.45, 7) is 4.49. The Bertz CT molecular complexity index is 442. The van der Waals surface area contributed by atoms with Gasteiger partial charge in [-0.3, -0.25) is 4.79 Å². The highest BCUT2D eigenvalue weighted by atomic mass is 16.6. The van der Waals surface area contributed by atoms with Gasteiger partial charge in [0.2, 0.25) is 0 Å². The van der Waals surface area contributed by atoms with E-state index in [2.05, 4.69) is 5.10 Å². The van der Waals surface area contributed by atoms with E-state index >= 15 is 0 Å². The molecule has 106 valence electrons. The molecule has 0 amide bonds. The Morgan fingerprint density at radius 1 is 1.47 bits per heavy atom. The second-order valence-electron chi connectivity index (χ2n) is 4.27. The van der Waals surface area contributed by atoms with Crippen LogP contribution in [-0.4, -0.2) is 27.3 Å². The average molecular weight is 269 g/mol. The number of nitrogens with zero attached hydrogens (tertiary/aromatic N) is 3. The summed E-state index contributed by atoms with van der Waals surface area (Å²) in [5.41, 5.74) is 0.566. The Kier molecular flexibility index (Phi) is 5.98. The molecule has 1 rings (SSSR count). The van der Waals surface area contributed by atoms with Crippen LogP contribution < -0.4 is 0 Å². The molecule has 0 saturated heterocycles. The van der Waals surface area contributed by atoms with Crippen molar-refractivity contribution in [2.75, 3.05) is 6.61 Å². The van der Waals surface area contributed by atoms with Gasteiger partial charge in [0.05, 0.1) is 30.0 Å². The normalized spacial score (nSPS) is 10.4. The third kappa shape index (κ3) is 5.07. The van der Waals surface area contributed by atoms with Crippen molar-refractivity contribution in [1.29, 1.82) is 0 Å². The summed E-state index contributed by atoms with van der Waals surface area (Å²) in [6.07, 6.45) is 4.56. The molecule has 0 radical (unpaired) electrons. The average Bonchev–Trinajstić information content (AvgIpc) is 2.70. The third-order valence-electron chi connectivity index (χ3n) is 2.66. The van der Waals surface area contributed by atoms with E-state index in [1.165, 1.54) is 0 Å². The summed E-state index contributed by atoms with van der Waals surface area (Å²) in [6, 6.07) is 0. The molecular weight excluding hydrogens is 250 g/mol. The molecule has 0 fully saturated rings. The third-order valence-corrected chi connectivity index (χ3v) is 2.66. The number of nitro groups is 1. The zero-order chi connectivity index (χ0) is 14.3. The van der Waals surface area contributed by atoms with Crippen LogP contribution in [0.15, 0.2) is 6.20 Å². The van der Waals surface area contributed by atoms with Crippen molar-refractivity contribution in [2.45, 2.75) is 46.1 Å². The maximum Gasteiger partial charge on any atom is 0.392 e. The topological polar surface area (TPSA) is 87.3 Å². The molecule has 1 aromatic rings. The van der Waals surface area contributed by atoms with E-state index in [-0.39, 0.29) is 11.8 Å². The number of esters is 1. The lowest BCUT2D eigenvalue weighted by molar-refractivity contribution is -0.390. The summed E-state index contributed by atoms with van der Waals surface area (Å²) in [7, 11) is 0. The molecule has 0 N–H and O–H groups in total. The number of unbranched alkanes of at least 4 members (excludes halogenated alkanes) is 2. The molecule has 0 bridgehead atoms. The number of ether oxygens (including phenoxy) is 1. The zero-order valence-corrected chi connectivity index (χ0v) is 11.3. The molecule has 0 spiro atoms. The predicted molar refractivity (Wildman–Crippen MR) is 68.7 cm³/mol. The number of carbonyl (C=O) groups is 1. The zero-order valence-electron chi connectivity index (χ0n) is 11.3. The number of hydrogen-bond acceptors (Lipinski definition) is 5. The minimum Gasteiger partial charge on any atom is -0.466 e. The van der Waals surface area contributed by atoms with E-state index in [9.17, 15) is 14.9 Å². The first-order valence-corrected chi connectivity index (χ1v) is 6.38. The Balaban J connectivity index is 2.24. The van der Waals surface area contributed by atoms with Gasteiger partial charge in [-0.2, -0.15) is 4.68 Å². The summed E-state index contributed by atoms with van der Waals surface area (Å²) in [5.74, 6) is -0.264. The van der Waals surface area contributed by atoms with Gasteiger partial charge in [-0.1, -0.05) is 6.42 Å². The van der Waals surface area contributed by atoms with E-state index in [0.717, 1.165) is 19.3 Å². The number of carbonyl (C=O) groups excluding carboxylic acids is 1. The highest BCUT2D eigenvalue weighted by Gasteiger charge is 2.16. The van der Waals surface area contributed by atoms with E-state index < -0.39 is 4.92 Å². The van der Waals surface area contributed by atoms with Crippen LogP contribution in [0.2, 0.25) is 0 Å². The first-order chi connectivity index (χ1) is 9.04. The number of hydrogen-bond donors (Lipinski definition) is 0. The molecule has 19 heavy (non-hydrogen) atoms. The van der Waals surface area contributed by atoms with E-state index in [0.29, 0.717) is 25.1 Å². The number of aromatic nitrogens is 2. The minimum absolute atomic E-state index is 0.0912. The Morgan fingerprint density at radius 3 is 2.79 bits per heavy atom. The predicted octanol–water partition coefficient (Wildman–Crippen LogP) is 2.22. The molecule has 0 aromatic carbocycles. The van der Waals surface area contributed by atoms with Crippen molar-refractivity contribution in [3.05, 3.63) is 21.9 Å². The van der Waals surface area contributed by atoms with Crippen LogP contribution in [0.1, 0.15) is 38.2 Å². The van der Waals surface area contributed by atoms with Gasteiger partial charge in [-0.25, -0.2) is 0 Å². The lowest BCUT2D eigenvalue weighted by Crippen LogP contribution is -2.04. The van der Waals surface area contributed by atoms with Gasteiger partial charge >= 0.3 is 11.8 Å². The van der Waals surface area contributed by atoms with Crippen molar-refractivity contribution < 1.29 is 14.5 Å². The van der Waals surface area contributed by atoms with Gasteiger partial charge < -0.3 is 14.9 Å². The molecule has 7 nitrogen and oxygen atoms in total. The highest BCUT2D eigenvalue weighted by Crippen LogP contribution is 2.14. The van der Waals surface area contributed by atoms with Crippen LogP contribution in [0.5, 0.6) is 0 Å². The minimum atomic E-state index is -0.480. The van der Waals surface area contributed by atoms with Crippen LogP contribution in [-0.2, 0) is 16.1 Å². The van der Waals surface area contributed by atoms with Gasteiger partial charge in [0.15, 0.2) is 0 Å². The Labute approximate surface area is 111 Å². The fourth-order valence-electron chi connectivity index (χ4n) is 1.76. The van der Waals surface area contributed by atoms with Crippen LogP contribution >= 0.6 is 0 Å². The molecule has 0 saturated carbocycles. The molecule has 0 atom stereocenters. The van der Waals surface area contributed by atoms with E-state index in [4.69, 9.17) is 4.74 Å². The quantitative estimate of drug-likeness (QED) is 0.312. The second-order valence-corrected chi connectivity index (χ2v) is 4.27. The fraction of sp³-hybridized carbons (Fsp3) is 0.667. The van der Waals surface area contributed by atoms with Crippen molar-refractivity contribution in [3.63, 3.8) is 0 Å². The standard InChI is InChI=1S/C12H19N3O4/c1-3-19-11(16)7-5-4-6-8-14-9-10(2)12(13-14)15(17)18/h9H,3-8H2,1-2H3. The maximum absolute atomic E-state index is 11.1. The molecule has 0 unspecified atom stereocenters. The Hall–Kier alpha value is -1.92. The van der Waals surface area contributed by atoms with Gasteiger partial charge in [-0.05, 0) is 31.6 Å². The summed E-state index contributed by atoms with van der Waals surface area (Å²) in [5, 5.41) is 14.5. The highest BCUT2D eigenvalue weighted by molar-refractivity contribution is 5.69. The molecule has 7 heteroatoms. The molecule has 0 aliphatic heterocycles. The van der Waals surface area contributed by atoms with Crippen LogP contribution in [0.25, 0.3) is 0 Å². The SMILES string of the molecule is CCOC(=O)CCCCCn1cc(C)c([N+](=O)[O-])n1. The van der Waals surface area contributed by atoms with Crippen LogP contribution in [0.3, 0.4) is 0 Å². The first kappa shape index (κ1) is 15.1. The summed E-state index contributed by atoms with van der Waals surface area (Å²) in [4.78, 5) is 21.2. The largest absolute Gasteiger partial charge is 0.466 e.